The molecule has 1 aromatic rings. The van der Waals surface area contributed by atoms with Gasteiger partial charge in [-0.05, 0) is 37.6 Å². The quantitative estimate of drug-likeness (QED) is 0.652. The van der Waals surface area contributed by atoms with E-state index in [2.05, 4.69) is 11.8 Å². The summed E-state index contributed by atoms with van der Waals surface area (Å²) in [6, 6.07) is 5.61. The van der Waals surface area contributed by atoms with E-state index < -0.39 is 0 Å². The normalized spacial score (nSPS) is 9.80. The summed E-state index contributed by atoms with van der Waals surface area (Å²) in [5.41, 5.74) is 7.84. The number of aryl methyl sites for hydroxylation is 1. The van der Waals surface area contributed by atoms with Crippen molar-refractivity contribution in [2.24, 2.45) is 5.73 Å². The van der Waals surface area contributed by atoms with Crippen LogP contribution in [-0.4, -0.2) is 44.2 Å². The van der Waals surface area contributed by atoms with Gasteiger partial charge in [-0.25, -0.2) is 0 Å². The Morgan fingerprint density at radius 2 is 2.15 bits per heavy atom. The van der Waals surface area contributed by atoms with Crippen molar-refractivity contribution >= 4 is 5.91 Å². The van der Waals surface area contributed by atoms with Gasteiger partial charge < -0.3 is 15.4 Å². The Bertz CT molecular complexity index is 515. The highest BCUT2D eigenvalue weighted by Crippen LogP contribution is 2.11. The summed E-state index contributed by atoms with van der Waals surface area (Å²) in [6.45, 7) is 5.97. The minimum absolute atomic E-state index is 0.0239. The van der Waals surface area contributed by atoms with Crippen molar-refractivity contribution in [2.45, 2.75) is 13.8 Å². The summed E-state index contributed by atoms with van der Waals surface area (Å²) >= 11 is 0. The highest BCUT2D eigenvalue weighted by molar-refractivity contribution is 5.94. The number of carbonyl (C=O) groups is 1. The molecular formula is C16H22N2O2. The Balaban J connectivity index is 2.84. The predicted octanol–water partition coefficient (Wildman–Crippen LogP) is 1.41. The zero-order valence-electron chi connectivity index (χ0n) is 12.4. The van der Waals surface area contributed by atoms with E-state index in [9.17, 15) is 4.79 Å². The van der Waals surface area contributed by atoms with Gasteiger partial charge in [-0.2, -0.15) is 0 Å². The molecule has 1 rings (SSSR count). The molecule has 0 atom stereocenters. The first-order valence-electron chi connectivity index (χ1n) is 6.72. The Labute approximate surface area is 120 Å². The van der Waals surface area contributed by atoms with Gasteiger partial charge in [-0.1, -0.05) is 11.8 Å². The number of nitrogens with zero attached hydrogens (tertiary/aromatic N) is 1. The van der Waals surface area contributed by atoms with Crippen LogP contribution in [0.4, 0.5) is 0 Å². The fourth-order valence-electron chi connectivity index (χ4n) is 1.80. The molecule has 0 aliphatic heterocycles. The summed E-state index contributed by atoms with van der Waals surface area (Å²) in [5, 5.41) is 0. The van der Waals surface area contributed by atoms with E-state index in [4.69, 9.17) is 10.5 Å². The van der Waals surface area contributed by atoms with Crippen molar-refractivity contribution in [1.29, 1.82) is 0 Å². The summed E-state index contributed by atoms with van der Waals surface area (Å²) < 4.78 is 5.26. The van der Waals surface area contributed by atoms with Gasteiger partial charge in [-0.3, -0.25) is 4.79 Å². The molecule has 1 amide bonds. The van der Waals surface area contributed by atoms with Gasteiger partial charge >= 0.3 is 0 Å². The van der Waals surface area contributed by atoms with E-state index in [1.807, 2.05) is 26.0 Å². The summed E-state index contributed by atoms with van der Waals surface area (Å²) in [6.07, 6.45) is 0. The Kier molecular flexibility index (Phi) is 6.78. The molecule has 0 fully saturated rings. The van der Waals surface area contributed by atoms with Gasteiger partial charge in [0.05, 0.1) is 13.2 Å². The molecule has 2 N–H and O–H groups in total. The lowest BCUT2D eigenvalue weighted by Crippen LogP contribution is -2.30. The van der Waals surface area contributed by atoms with Crippen LogP contribution in [0, 0.1) is 18.8 Å². The zero-order valence-corrected chi connectivity index (χ0v) is 12.4. The topological polar surface area (TPSA) is 55.6 Å². The zero-order chi connectivity index (χ0) is 15.0. The minimum Gasteiger partial charge on any atom is -0.380 e. The first-order chi connectivity index (χ1) is 9.58. The SMILES string of the molecule is CCOCCN(C)C(=O)c1cc(C)cc(C#CCN)c1. The average Bonchev–Trinajstić information content (AvgIpc) is 2.43. The van der Waals surface area contributed by atoms with E-state index in [0.29, 0.717) is 31.9 Å². The second kappa shape index (κ2) is 8.36. The average molecular weight is 274 g/mol. The van der Waals surface area contributed by atoms with Crippen LogP contribution >= 0.6 is 0 Å². The van der Waals surface area contributed by atoms with Crippen LogP contribution in [0.2, 0.25) is 0 Å². The van der Waals surface area contributed by atoms with Gasteiger partial charge in [0.1, 0.15) is 0 Å². The maximum Gasteiger partial charge on any atom is 0.253 e. The second-order valence-corrected chi connectivity index (χ2v) is 4.52. The van der Waals surface area contributed by atoms with Crippen molar-refractivity contribution in [1.82, 2.24) is 4.90 Å². The van der Waals surface area contributed by atoms with Crippen LogP contribution in [-0.2, 0) is 4.74 Å². The molecule has 0 spiro atoms. The standard InChI is InChI=1S/C16H22N2O2/c1-4-20-9-8-18(3)16(19)15-11-13(2)10-14(12-15)6-5-7-17/h10-12H,4,7-9,17H2,1-3H3. The molecule has 4 heteroatoms. The lowest BCUT2D eigenvalue weighted by molar-refractivity contribution is 0.0710. The maximum absolute atomic E-state index is 12.3. The number of hydrogen-bond donors (Lipinski definition) is 1. The fraction of sp³-hybridized carbons (Fsp3) is 0.438. The molecule has 0 saturated carbocycles. The minimum atomic E-state index is -0.0239. The molecule has 0 bridgehead atoms. The van der Waals surface area contributed by atoms with Crippen molar-refractivity contribution in [3.05, 3.63) is 34.9 Å². The molecule has 0 aliphatic rings. The van der Waals surface area contributed by atoms with E-state index in [1.165, 1.54) is 0 Å². The third-order valence-electron chi connectivity index (χ3n) is 2.78. The van der Waals surface area contributed by atoms with Gasteiger partial charge in [0, 0.05) is 31.3 Å². The third kappa shape index (κ3) is 5.04. The van der Waals surface area contributed by atoms with Gasteiger partial charge in [0.2, 0.25) is 0 Å². The molecule has 0 radical (unpaired) electrons. The monoisotopic (exact) mass is 274 g/mol. The Morgan fingerprint density at radius 3 is 2.80 bits per heavy atom. The van der Waals surface area contributed by atoms with Gasteiger partial charge in [0.15, 0.2) is 0 Å². The van der Waals surface area contributed by atoms with Crippen LogP contribution in [0.1, 0.15) is 28.4 Å². The molecule has 0 saturated heterocycles. The highest BCUT2D eigenvalue weighted by atomic mass is 16.5. The number of rotatable bonds is 5. The number of benzene rings is 1. The maximum atomic E-state index is 12.3. The molecule has 108 valence electrons. The van der Waals surface area contributed by atoms with E-state index in [0.717, 1.165) is 11.1 Å². The van der Waals surface area contributed by atoms with E-state index in [-0.39, 0.29) is 5.91 Å². The van der Waals surface area contributed by atoms with Crippen LogP contribution < -0.4 is 5.73 Å². The van der Waals surface area contributed by atoms with Crippen LogP contribution in [0.5, 0.6) is 0 Å². The van der Waals surface area contributed by atoms with Crippen molar-refractivity contribution < 1.29 is 9.53 Å². The van der Waals surface area contributed by atoms with Crippen molar-refractivity contribution in [2.75, 3.05) is 33.4 Å². The lowest BCUT2D eigenvalue weighted by atomic mass is 10.1. The van der Waals surface area contributed by atoms with E-state index >= 15 is 0 Å². The predicted molar refractivity (Wildman–Crippen MR) is 80.6 cm³/mol. The molecule has 4 nitrogen and oxygen atoms in total. The number of amides is 1. The summed E-state index contributed by atoms with van der Waals surface area (Å²) in [4.78, 5) is 14.0. The number of ether oxygens (including phenoxy) is 1. The van der Waals surface area contributed by atoms with Crippen molar-refractivity contribution in [3.63, 3.8) is 0 Å². The smallest absolute Gasteiger partial charge is 0.253 e. The van der Waals surface area contributed by atoms with Crippen LogP contribution in [0.3, 0.4) is 0 Å². The molecular weight excluding hydrogens is 252 g/mol. The lowest BCUT2D eigenvalue weighted by Gasteiger charge is -2.17. The molecule has 0 aliphatic carbocycles. The number of likely N-dealkylation sites (N-methyl/N-ethyl adjacent to an activating group) is 1. The van der Waals surface area contributed by atoms with Gasteiger partial charge in [0.25, 0.3) is 5.91 Å². The van der Waals surface area contributed by atoms with Crippen LogP contribution in [0.15, 0.2) is 18.2 Å². The summed E-state index contributed by atoms with van der Waals surface area (Å²) in [5.74, 6) is 5.74. The van der Waals surface area contributed by atoms with E-state index in [1.54, 1.807) is 18.0 Å². The highest BCUT2D eigenvalue weighted by Gasteiger charge is 2.12. The molecule has 20 heavy (non-hydrogen) atoms. The largest absolute Gasteiger partial charge is 0.380 e. The molecule has 0 heterocycles. The Morgan fingerprint density at radius 1 is 1.40 bits per heavy atom. The number of hydrogen-bond acceptors (Lipinski definition) is 3. The summed E-state index contributed by atoms with van der Waals surface area (Å²) in [7, 11) is 1.77. The second-order valence-electron chi connectivity index (χ2n) is 4.52. The van der Waals surface area contributed by atoms with Crippen molar-refractivity contribution in [3.8, 4) is 11.8 Å². The number of carbonyl (C=O) groups excluding carboxylic acids is 1. The first-order valence-corrected chi connectivity index (χ1v) is 6.72. The fourth-order valence-corrected chi connectivity index (χ4v) is 1.80. The molecule has 0 unspecified atom stereocenters. The van der Waals surface area contributed by atoms with Gasteiger partial charge in [-0.15, -0.1) is 0 Å². The Hall–Kier alpha value is -1.83. The number of nitrogens with two attached hydrogens (primary N) is 1. The van der Waals surface area contributed by atoms with Crippen LogP contribution in [0.25, 0.3) is 0 Å². The molecule has 0 aromatic heterocycles. The first kappa shape index (κ1) is 16.2. The third-order valence-corrected chi connectivity index (χ3v) is 2.78. The molecule has 1 aromatic carbocycles.